The Morgan fingerprint density at radius 1 is 1.45 bits per heavy atom. The molecule has 0 saturated heterocycles. The maximum Gasteiger partial charge on any atom is 0.275 e. The molecule has 2 heterocycles. The molecule has 0 bridgehead atoms. The van der Waals surface area contributed by atoms with E-state index >= 15 is 0 Å². The van der Waals surface area contributed by atoms with Gasteiger partial charge in [-0.3, -0.25) is 14.9 Å². The Hall–Kier alpha value is -1.89. The molecule has 3 rings (SSSR count). The molecule has 3 aromatic rings. The van der Waals surface area contributed by atoms with Gasteiger partial charge in [0.1, 0.15) is 0 Å². The molecule has 1 aromatic carbocycles. The Morgan fingerprint density at radius 3 is 2.95 bits per heavy atom. The quantitative estimate of drug-likeness (QED) is 0.443. The fourth-order valence-electron chi connectivity index (χ4n) is 2.09. The first-order valence-electron chi connectivity index (χ1n) is 5.88. The van der Waals surface area contributed by atoms with E-state index in [1.807, 2.05) is 24.3 Å². The van der Waals surface area contributed by atoms with Crippen molar-refractivity contribution >= 4 is 38.9 Å². The lowest BCUT2D eigenvalue weighted by Crippen LogP contribution is -2.30. The number of thiophene rings is 1. The second kappa shape index (κ2) is 5.24. The lowest BCUT2D eigenvalue weighted by Gasteiger charge is -2.04. The van der Waals surface area contributed by atoms with E-state index in [0.29, 0.717) is 16.4 Å². The third-order valence-electron chi connectivity index (χ3n) is 2.96. The van der Waals surface area contributed by atoms with Gasteiger partial charge in [-0.1, -0.05) is 29.8 Å². The fourth-order valence-corrected chi connectivity index (χ4v) is 3.36. The van der Waals surface area contributed by atoms with Crippen molar-refractivity contribution in [3.05, 3.63) is 52.1 Å². The Labute approximate surface area is 123 Å². The number of nitrogen functional groups attached to an aromatic ring is 1. The predicted octanol–water partition coefficient (Wildman–Crippen LogP) is 2.40. The van der Waals surface area contributed by atoms with Crippen molar-refractivity contribution < 1.29 is 4.79 Å². The van der Waals surface area contributed by atoms with E-state index in [2.05, 4.69) is 10.5 Å². The number of aromatic nitrogens is 2. The summed E-state index contributed by atoms with van der Waals surface area (Å²) in [7, 11) is 0. The minimum atomic E-state index is -0.292. The Kier molecular flexibility index (Phi) is 3.43. The molecule has 102 valence electrons. The van der Waals surface area contributed by atoms with Crippen molar-refractivity contribution in [2.75, 3.05) is 0 Å². The SMILES string of the molecule is NNC(=O)c1sc2ccccc2c1Cn1cc(Cl)cn1. The van der Waals surface area contributed by atoms with Crippen molar-refractivity contribution in [3.8, 4) is 0 Å². The van der Waals surface area contributed by atoms with Crippen LogP contribution in [-0.2, 0) is 6.54 Å². The number of benzene rings is 1. The molecule has 7 heteroatoms. The van der Waals surface area contributed by atoms with Gasteiger partial charge < -0.3 is 0 Å². The largest absolute Gasteiger partial charge is 0.289 e. The number of hydrogen-bond acceptors (Lipinski definition) is 4. The van der Waals surface area contributed by atoms with E-state index in [1.165, 1.54) is 11.3 Å². The normalized spacial score (nSPS) is 10.9. The van der Waals surface area contributed by atoms with Crippen molar-refractivity contribution in [3.63, 3.8) is 0 Å². The van der Waals surface area contributed by atoms with Crippen LogP contribution in [0.1, 0.15) is 15.2 Å². The van der Waals surface area contributed by atoms with E-state index in [4.69, 9.17) is 17.4 Å². The van der Waals surface area contributed by atoms with E-state index in [1.54, 1.807) is 17.1 Å². The van der Waals surface area contributed by atoms with Gasteiger partial charge in [-0.25, -0.2) is 5.84 Å². The van der Waals surface area contributed by atoms with Crippen LogP contribution in [0.4, 0.5) is 0 Å². The number of fused-ring (bicyclic) bond motifs is 1. The first-order valence-corrected chi connectivity index (χ1v) is 7.08. The summed E-state index contributed by atoms with van der Waals surface area (Å²) in [6, 6.07) is 7.85. The molecule has 2 aromatic heterocycles. The van der Waals surface area contributed by atoms with Crippen molar-refractivity contribution in [2.24, 2.45) is 5.84 Å². The first-order chi connectivity index (χ1) is 9.69. The van der Waals surface area contributed by atoms with Crippen LogP contribution in [0.3, 0.4) is 0 Å². The number of nitrogens with zero attached hydrogens (tertiary/aromatic N) is 2. The summed E-state index contributed by atoms with van der Waals surface area (Å²) in [6.07, 6.45) is 3.29. The van der Waals surface area contributed by atoms with Crippen LogP contribution < -0.4 is 11.3 Å². The zero-order valence-corrected chi connectivity index (χ0v) is 11.9. The average molecular weight is 307 g/mol. The van der Waals surface area contributed by atoms with Gasteiger partial charge in [0.25, 0.3) is 5.91 Å². The number of amides is 1. The molecule has 0 atom stereocenters. The minimum absolute atomic E-state index is 0.292. The average Bonchev–Trinajstić information content (AvgIpc) is 3.03. The van der Waals surface area contributed by atoms with Crippen LogP contribution >= 0.6 is 22.9 Å². The van der Waals surface area contributed by atoms with Crippen molar-refractivity contribution in [2.45, 2.75) is 6.54 Å². The summed E-state index contributed by atoms with van der Waals surface area (Å²) in [5, 5.41) is 5.74. The molecule has 0 aliphatic carbocycles. The molecule has 0 unspecified atom stereocenters. The van der Waals surface area contributed by atoms with E-state index in [-0.39, 0.29) is 5.91 Å². The summed E-state index contributed by atoms with van der Waals surface area (Å²) in [4.78, 5) is 12.5. The number of hydrogen-bond donors (Lipinski definition) is 2. The Balaban J connectivity index is 2.13. The number of hydrazine groups is 1. The molecule has 20 heavy (non-hydrogen) atoms. The minimum Gasteiger partial charge on any atom is -0.289 e. The van der Waals surface area contributed by atoms with Crippen LogP contribution in [0.25, 0.3) is 10.1 Å². The molecule has 5 nitrogen and oxygen atoms in total. The summed E-state index contributed by atoms with van der Waals surface area (Å²) < 4.78 is 2.74. The molecule has 0 fully saturated rings. The zero-order chi connectivity index (χ0) is 14.1. The third kappa shape index (κ3) is 2.29. The summed E-state index contributed by atoms with van der Waals surface area (Å²) in [5.74, 6) is 4.96. The maximum absolute atomic E-state index is 11.9. The summed E-state index contributed by atoms with van der Waals surface area (Å²) in [6.45, 7) is 0.472. The second-order valence-electron chi connectivity index (χ2n) is 4.24. The van der Waals surface area contributed by atoms with Gasteiger partial charge in [-0.05, 0) is 11.5 Å². The smallest absolute Gasteiger partial charge is 0.275 e. The number of halogens is 1. The van der Waals surface area contributed by atoms with Crippen LogP contribution in [0.5, 0.6) is 0 Å². The number of carbonyl (C=O) groups excluding carboxylic acids is 1. The third-order valence-corrected chi connectivity index (χ3v) is 4.36. The standard InChI is InChI=1S/C13H11ClN4OS/c14-8-5-16-18(6-8)7-10-9-3-1-2-4-11(9)20-12(10)13(19)17-15/h1-6H,7,15H2,(H,17,19). The van der Waals surface area contributed by atoms with Crippen molar-refractivity contribution in [1.82, 2.24) is 15.2 Å². The fraction of sp³-hybridized carbons (Fsp3) is 0.0769. The van der Waals surface area contributed by atoms with E-state index in [9.17, 15) is 4.79 Å². The lowest BCUT2D eigenvalue weighted by molar-refractivity contribution is 0.0957. The molecule has 1 amide bonds. The van der Waals surface area contributed by atoms with Gasteiger partial charge in [-0.15, -0.1) is 11.3 Å². The highest BCUT2D eigenvalue weighted by Crippen LogP contribution is 2.31. The number of nitrogens with two attached hydrogens (primary N) is 1. The van der Waals surface area contributed by atoms with E-state index in [0.717, 1.165) is 15.6 Å². The van der Waals surface area contributed by atoms with Crippen molar-refractivity contribution in [1.29, 1.82) is 0 Å². The highest BCUT2D eigenvalue weighted by molar-refractivity contribution is 7.21. The van der Waals surface area contributed by atoms with E-state index < -0.39 is 0 Å². The van der Waals surface area contributed by atoms with Gasteiger partial charge in [0, 0.05) is 16.5 Å². The zero-order valence-electron chi connectivity index (χ0n) is 10.3. The van der Waals surface area contributed by atoms with Gasteiger partial charge >= 0.3 is 0 Å². The lowest BCUT2D eigenvalue weighted by atomic mass is 10.1. The van der Waals surface area contributed by atoms with Crippen LogP contribution in [0, 0.1) is 0 Å². The molecule has 0 aliphatic heterocycles. The summed E-state index contributed by atoms with van der Waals surface area (Å²) in [5.41, 5.74) is 3.09. The van der Waals surface area contributed by atoms with Gasteiger partial charge in [-0.2, -0.15) is 5.10 Å². The number of carbonyl (C=O) groups is 1. The van der Waals surface area contributed by atoms with Crippen LogP contribution in [0.2, 0.25) is 5.02 Å². The van der Waals surface area contributed by atoms with Crippen LogP contribution in [0.15, 0.2) is 36.7 Å². The van der Waals surface area contributed by atoms with Gasteiger partial charge in [0.2, 0.25) is 0 Å². The predicted molar refractivity (Wildman–Crippen MR) is 79.8 cm³/mol. The Bertz CT molecular complexity index is 780. The first kappa shape index (κ1) is 13.1. The molecule has 0 aliphatic rings. The van der Waals surface area contributed by atoms with Gasteiger partial charge in [0.15, 0.2) is 0 Å². The highest BCUT2D eigenvalue weighted by atomic mass is 35.5. The highest BCUT2D eigenvalue weighted by Gasteiger charge is 2.18. The molecule has 0 radical (unpaired) electrons. The summed E-state index contributed by atoms with van der Waals surface area (Å²) >= 11 is 7.28. The second-order valence-corrected chi connectivity index (χ2v) is 5.72. The van der Waals surface area contributed by atoms with Gasteiger partial charge in [0.05, 0.1) is 22.6 Å². The maximum atomic E-state index is 11.9. The topological polar surface area (TPSA) is 72.9 Å². The molecular formula is C13H11ClN4OS. The Morgan fingerprint density at radius 2 is 2.25 bits per heavy atom. The monoisotopic (exact) mass is 306 g/mol. The number of rotatable bonds is 3. The molecule has 3 N–H and O–H groups in total. The molecule has 0 saturated carbocycles. The molecular weight excluding hydrogens is 296 g/mol. The van der Waals surface area contributed by atoms with Crippen LogP contribution in [-0.4, -0.2) is 15.7 Å². The number of nitrogens with one attached hydrogen (secondary N) is 1. The molecule has 0 spiro atoms.